The van der Waals surface area contributed by atoms with Crippen LogP contribution in [-0.2, 0) is 22.4 Å². The molecule has 0 bridgehead atoms. The number of carbonyl (C=O) groups is 3. The number of rotatable bonds is 8. The van der Waals surface area contributed by atoms with Crippen LogP contribution in [0.3, 0.4) is 0 Å². The average molecular weight is 555 g/mol. The molecule has 200 valence electrons. The molecule has 0 fully saturated rings. The summed E-state index contributed by atoms with van der Waals surface area (Å²) in [5, 5.41) is 6.79. The highest BCUT2D eigenvalue weighted by Gasteiger charge is 2.29. The van der Waals surface area contributed by atoms with Gasteiger partial charge in [-0.2, -0.15) is 0 Å². The van der Waals surface area contributed by atoms with Crippen LogP contribution in [0.1, 0.15) is 63.9 Å². The predicted molar refractivity (Wildman–Crippen MR) is 151 cm³/mol. The normalized spacial score (nSPS) is 15.2. The summed E-state index contributed by atoms with van der Waals surface area (Å²) in [6, 6.07) is 11.8. The fraction of sp³-hybridized carbons (Fsp3) is 0.345. The van der Waals surface area contributed by atoms with Gasteiger partial charge in [-0.15, -0.1) is 11.3 Å². The molecular weight excluding hydrogens is 524 g/mol. The van der Waals surface area contributed by atoms with Gasteiger partial charge in [-0.3, -0.25) is 9.59 Å². The Morgan fingerprint density at radius 3 is 2.58 bits per heavy atom. The summed E-state index contributed by atoms with van der Waals surface area (Å²) in [5.41, 5.74) is 3.38. The maximum atomic E-state index is 13.1. The molecule has 1 aliphatic rings. The quantitative estimate of drug-likeness (QED) is 0.303. The van der Waals surface area contributed by atoms with Crippen molar-refractivity contribution < 1.29 is 23.9 Å². The number of hydrogen-bond donors (Lipinski definition) is 2. The van der Waals surface area contributed by atoms with E-state index in [-0.39, 0.29) is 18.4 Å². The van der Waals surface area contributed by atoms with E-state index in [0.29, 0.717) is 38.5 Å². The number of hydrogen-bond acceptors (Lipinski definition) is 6. The fourth-order valence-electron chi connectivity index (χ4n) is 4.34. The van der Waals surface area contributed by atoms with E-state index in [1.165, 1.54) is 11.3 Å². The summed E-state index contributed by atoms with van der Waals surface area (Å²) in [6.45, 7) is 7.75. The third-order valence-corrected chi connectivity index (χ3v) is 7.88. The number of aryl methyl sites for hydroxylation is 1. The van der Waals surface area contributed by atoms with Crippen molar-refractivity contribution in [2.24, 2.45) is 5.92 Å². The van der Waals surface area contributed by atoms with Gasteiger partial charge in [-0.1, -0.05) is 24.6 Å². The number of esters is 1. The van der Waals surface area contributed by atoms with Gasteiger partial charge in [-0.05, 0) is 93.5 Å². The van der Waals surface area contributed by atoms with Gasteiger partial charge in [0.1, 0.15) is 10.8 Å². The molecule has 2 aromatic carbocycles. The summed E-state index contributed by atoms with van der Waals surface area (Å²) in [5.74, 6) is -0.0828. The molecule has 1 heterocycles. The second kappa shape index (κ2) is 12.0. The minimum absolute atomic E-state index is 0.268. The number of halogens is 1. The van der Waals surface area contributed by atoms with Crippen molar-refractivity contribution >= 4 is 51.4 Å². The van der Waals surface area contributed by atoms with E-state index in [1.807, 2.05) is 13.0 Å². The summed E-state index contributed by atoms with van der Waals surface area (Å²) in [6.07, 6.45) is 1.91. The van der Waals surface area contributed by atoms with E-state index in [2.05, 4.69) is 17.6 Å². The minimum atomic E-state index is -0.778. The van der Waals surface area contributed by atoms with Gasteiger partial charge < -0.3 is 20.1 Å². The first-order valence-corrected chi connectivity index (χ1v) is 13.8. The van der Waals surface area contributed by atoms with Crippen molar-refractivity contribution in [1.29, 1.82) is 0 Å². The van der Waals surface area contributed by atoms with Gasteiger partial charge in [0, 0.05) is 21.2 Å². The lowest BCUT2D eigenvalue weighted by atomic mass is 9.88. The van der Waals surface area contributed by atoms with Crippen LogP contribution in [0, 0.1) is 12.8 Å². The Morgan fingerprint density at radius 2 is 1.87 bits per heavy atom. The number of amides is 2. The van der Waals surface area contributed by atoms with Crippen LogP contribution in [-0.4, -0.2) is 30.5 Å². The van der Waals surface area contributed by atoms with Crippen LogP contribution < -0.4 is 15.4 Å². The minimum Gasteiger partial charge on any atom is -0.481 e. The molecule has 3 aromatic rings. The van der Waals surface area contributed by atoms with Crippen LogP contribution in [0.15, 0.2) is 42.5 Å². The van der Waals surface area contributed by atoms with E-state index in [9.17, 15) is 14.4 Å². The molecule has 2 N–H and O–H groups in total. The van der Waals surface area contributed by atoms with Crippen molar-refractivity contribution in [2.45, 2.75) is 53.1 Å². The van der Waals surface area contributed by atoms with Gasteiger partial charge in [0.2, 0.25) is 0 Å². The number of nitrogens with one attached hydrogen (secondary N) is 2. The Bertz CT molecular complexity index is 1350. The summed E-state index contributed by atoms with van der Waals surface area (Å²) >= 11 is 7.48. The third-order valence-electron chi connectivity index (χ3n) is 6.47. The molecule has 1 aliphatic carbocycles. The molecule has 38 heavy (non-hydrogen) atoms. The smallest absolute Gasteiger partial charge is 0.341 e. The van der Waals surface area contributed by atoms with Crippen LogP contribution in [0.2, 0.25) is 5.02 Å². The molecule has 0 radical (unpaired) electrons. The largest absolute Gasteiger partial charge is 0.481 e. The van der Waals surface area contributed by atoms with Crippen molar-refractivity contribution in [3.63, 3.8) is 0 Å². The Hall–Kier alpha value is -3.36. The first-order valence-electron chi connectivity index (χ1n) is 12.6. The maximum Gasteiger partial charge on any atom is 0.341 e. The van der Waals surface area contributed by atoms with E-state index >= 15 is 0 Å². The van der Waals surface area contributed by atoms with E-state index in [4.69, 9.17) is 21.1 Å². The Morgan fingerprint density at radius 1 is 1.13 bits per heavy atom. The van der Waals surface area contributed by atoms with Gasteiger partial charge in [0.15, 0.2) is 6.10 Å². The molecule has 1 aromatic heterocycles. The van der Waals surface area contributed by atoms with Gasteiger partial charge in [0.25, 0.3) is 11.8 Å². The molecule has 0 spiro atoms. The second-order valence-corrected chi connectivity index (χ2v) is 11.0. The van der Waals surface area contributed by atoms with E-state index < -0.39 is 12.1 Å². The van der Waals surface area contributed by atoms with E-state index in [0.717, 1.165) is 35.3 Å². The van der Waals surface area contributed by atoms with Crippen molar-refractivity contribution in [2.75, 3.05) is 17.2 Å². The Kier molecular flexibility index (Phi) is 8.74. The van der Waals surface area contributed by atoms with Crippen molar-refractivity contribution in [1.82, 2.24) is 0 Å². The number of fused-ring (bicyclic) bond motifs is 1. The molecule has 0 unspecified atom stereocenters. The summed E-state index contributed by atoms with van der Waals surface area (Å²) in [7, 11) is 0. The summed E-state index contributed by atoms with van der Waals surface area (Å²) < 4.78 is 11.1. The number of anilines is 2. The molecule has 7 nitrogen and oxygen atoms in total. The van der Waals surface area contributed by atoms with Crippen LogP contribution in [0.25, 0.3) is 0 Å². The van der Waals surface area contributed by atoms with Gasteiger partial charge in [0.05, 0.1) is 12.2 Å². The van der Waals surface area contributed by atoms with Crippen LogP contribution >= 0.6 is 22.9 Å². The fourth-order valence-corrected chi connectivity index (χ4v) is 5.91. The molecule has 4 rings (SSSR count). The first kappa shape index (κ1) is 27.7. The van der Waals surface area contributed by atoms with Crippen molar-refractivity contribution in [3.8, 4) is 5.75 Å². The highest BCUT2D eigenvalue weighted by atomic mass is 35.5. The highest BCUT2D eigenvalue weighted by Crippen LogP contribution is 2.40. The highest BCUT2D eigenvalue weighted by molar-refractivity contribution is 7.17. The molecule has 9 heteroatoms. The third kappa shape index (κ3) is 6.37. The average Bonchev–Trinajstić information content (AvgIpc) is 3.23. The zero-order valence-electron chi connectivity index (χ0n) is 21.9. The van der Waals surface area contributed by atoms with Crippen LogP contribution in [0.5, 0.6) is 5.75 Å². The molecule has 0 aliphatic heterocycles. The SMILES string of the molecule is CCOC(=O)c1c(NC(=O)c2ccc(O[C@@H](C)C(=O)Nc3cc(Cl)ccc3C)cc2)sc2c1CC[C@H](C)C2. The second-order valence-electron chi connectivity index (χ2n) is 9.46. The number of carbonyl (C=O) groups excluding carboxylic acids is 3. The monoisotopic (exact) mass is 554 g/mol. The predicted octanol–water partition coefficient (Wildman–Crippen LogP) is 6.67. The van der Waals surface area contributed by atoms with E-state index in [1.54, 1.807) is 50.2 Å². The van der Waals surface area contributed by atoms with Crippen LogP contribution in [0.4, 0.5) is 10.7 Å². The lowest BCUT2D eigenvalue weighted by molar-refractivity contribution is -0.122. The molecule has 0 saturated carbocycles. The lowest BCUT2D eigenvalue weighted by Crippen LogP contribution is -2.30. The molecule has 2 amide bonds. The first-order chi connectivity index (χ1) is 18.2. The topological polar surface area (TPSA) is 93.7 Å². The van der Waals surface area contributed by atoms with Gasteiger partial charge >= 0.3 is 5.97 Å². The zero-order valence-corrected chi connectivity index (χ0v) is 23.4. The number of thiophene rings is 1. The Labute approximate surface area is 231 Å². The van der Waals surface area contributed by atoms with Crippen molar-refractivity contribution in [3.05, 3.63) is 74.6 Å². The molecule has 2 atom stereocenters. The standard InChI is InChI=1S/C29H31ClN2O5S/c1-5-36-29(35)25-22-13-6-16(2)14-24(22)38-28(25)32-27(34)19-8-11-21(12-9-19)37-18(4)26(33)31-23-15-20(30)10-7-17(23)3/h7-12,15-16,18H,5-6,13-14H2,1-4H3,(H,31,33)(H,32,34)/t16-,18-/m0/s1. The maximum absolute atomic E-state index is 13.1. The van der Waals surface area contributed by atoms with Gasteiger partial charge in [-0.25, -0.2) is 4.79 Å². The lowest BCUT2D eigenvalue weighted by Gasteiger charge is -2.18. The zero-order chi connectivity index (χ0) is 27.4. The number of benzene rings is 2. The summed E-state index contributed by atoms with van der Waals surface area (Å²) in [4.78, 5) is 39.5. The Balaban J connectivity index is 1.43. The molecular formula is C29H31ClN2O5S. The number of ether oxygens (including phenoxy) is 2. The molecule has 0 saturated heterocycles.